The predicted octanol–water partition coefficient (Wildman–Crippen LogP) is 0.796. The van der Waals surface area contributed by atoms with Gasteiger partial charge in [0.05, 0.1) is 37.6 Å². The van der Waals surface area contributed by atoms with Crippen molar-refractivity contribution in [2.45, 2.75) is 134 Å². The molecular weight excluding hydrogens is 676 g/mol. The number of methoxy groups -OCH3 is 1. The molecule has 50 heavy (non-hydrogen) atoms. The Kier molecular flexibility index (Phi) is 12.0. The van der Waals surface area contributed by atoms with Gasteiger partial charge in [-0.25, -0.2) is 4.18 Å². The third-order valence-corrected chi connectivity index (χ3v) is 14.3. The van der Waals surface area contributed by atoms with Crippen LogP contribution in [0.15, 0.2) is 12.2 Å². The van der Waals surface area contributed by atoms with E-state index in [1.165, 1.54) is 7.11 Å². The highest BCUT2D eigenvalue weighted by atomic mass is 32.3. The molecule has 0 amide bonds. The van der Waals surface area contributed by atoms with E-state index in [4.69, 9.17) is 18.4 Å². The number of ether oxygens (including phenoxy) is 3. The van der Waals surface area contributed by atoms with Gasteiger partial charge in [-0.2, -0.15) is 8.42 Å². The Balaban J connectivity index is 1.31. The minimum absolute atomic E-state index is 0.0355. The number of aliphatic hydroxyl groups excluding tert-OH is 6. The van der Waals surface area contributed by atoms with Crippen molar-refractivity contribution >= 4 is 10.4 Å². The van der Waals surface area contributed by atoms with Crippen LogP contribution in [-0.2, 0) is 28.8 Å². The van der Waals surface area contributed by atoms with Gasteiger partial charge in [-0.1, -0.05) is 46.8 Å². The van der Waals surface area contributed by atoms with E-state index in [1.807, 2.05) is 46.8 Å². The number of allylic oxidation sites excluding steroid dienone is 2. The van der Waals surface area contributed by atoms with E-state index < -0.39 is 106 Å². The first-order chi connectivity index (χ1) is 23.3. The predicted molar refractivity (Wildman–Crippen MR) is 178 cm³/mol. The molecule has 1 aliphatic heterocycles. The lowest BCUT2D eigenvalue weighted by Gasteiger charge is -2.67. The largest absolute Gasteiger partial charge is 0.397 e. The summed E-state index contributed by atoms with van der Waals surface area (Å²) in [4.78, 5) is 0. The summed E-state index contributed by atoms with van der Waals surface area (Å²) in [5.41, 5.74) is -3.17. The quantitative estimate of drug-likeness (QED) is 0.108. The minimum atomic E-state index is -4.91. The summed E-state index contributed by atoms with van der Waals surface area (Å²) < 4.78 is 53.7. The van der Waals surface area contributed by atoms with Crippen molar-refractivity contribution in [2.24, 2.45) is 52.3 Å². The normalized spacial score (nSPS) is 49.9. The van der Waals surface area contributed by atoms with Crippen molar-refractivity contribution < 1.29 is 67.1 Å². The van der Waals surface area contributed by atoms with Crippen LogP contribution >= 0.6 is 0 Å². The van der Waals surface area contributed by atoms with Gasteiger partial charge < -0.3 is 50.0 Å². The average molecular weight is 737 g/mol. The molecule has 5 aliphatic rings. The fourth-order valence-corrected chi connectivity index (χ4v) is 11.8. The van der Waals surface area contributed by atoms with E-state index in [-0.39, 0.29) is 31.0 Å². The van der Waals surface area contributed by atoms with Crippen molar-refractivity contribution in [3.8, 4) is 0 Å². The summed E-state index contributed by atoms with van der Waals surface area (Å²) in [6, 6.07) is 0. The zero-order chi connectivity index (χ0) is 37.1. The fraction of sp³-hybridized carbons (Fsp3) is 0.943. The summed E-state index contributed by atoms with van der Waals surface area (Å²) in [5.74, 6) is -2.60. The SMILES string of the molecule is CC[C@H](/C=C/[C@@H](C)[C@H]1[C@@H](O)[C@@H](O)C2[C@@]3(O)C(CC[C@@]21C)[C@@]1(C)CC[C@H](O)CC1[C@@H](O)[C@H]3O)[C@H](C)CO[C@@H]1OC[C@@H](O)[C@H](OC)[C@H]1OS(=O)(=O)O. The molecule has 4 aliphatic carbocycles. The van der Waals surface area contributed by atoms with Gasteiger partial charge in [0.25, 0.3) is 0 Å². The van der Waals surface area contributed by atoms with Crippen molar-refractivity contribution in [3.05, 3.63) is 12.2 Å². The first-order valence-corrected chi connectivity index (χ1v) is 19.5. The van der Waals surface area contributed by atoms with E-state index in [1.54, 1.807) is 0 Å². The number of rotatable bonds is 11. The second-order valence-electron chi connectivity index (χ2n) is 16.5. The maximum Gasteiger partial charge on any atom is 0.397 e. The number of hydrogen-bond acceptors (Lipinski definition) is 13. The fourth-order valence-electron chi connectivity index (χ4n) is 11.4. The lowest BCUT2D eigenvalue weighted by atomic mass is 9.41. The van der Waals surface area contributed by atoms with Crippen LogP contribution in [0.5, 0.6) is 0 Å². The molecule has 0 aromatic heterocycles. The van der Waals surface area contributed by atoms with Gasteiger partial charge in [-0.3, -0.25) is 4.55 Å². The molecular formula is C35H60O14S. The molecule has 0 radical (unpaired) electrons. The summed E-state index contributed by atoms with van der Waals surface area (Å²) in [6.07, 6.45) is -3.63. The van der Waals surface area contributed by atoms with Gasteiger partial charge in [-0.15, -0.1) is 0 Å². The van der Waals surface area contributed by atoms with Gasteiger partial charge in [-0.05, 0) is 84.9 Å². The summed E-state index contributed by atoms with van der Waals surface area (Å²) in [6.45, 7) is 9.82. The smallest absolute Gasteiger partial charge is 0.393 e. The number of aliphatic hydroxyl groups is 7. The molecule has 0 spiro atoms. The molecule has 0 aromatic carbocycles. The van der Waals surface area contributed by atoms with Crippen LogP contribution in [0.1, 0.15) is 73.1 Å². The summed E-state index contributed by atoms with van der Waals surface area (Å²) in [5, 5.41) is 79.5. The van der Waals surface area contributed by atoms with Crippen LogP contribution in [0.4, 0.5) is 0 Å². The summed E-state index contributed by atoms with van der Waals surface area (Å²) in [7, 11) is -3.64. The maximum atomic E-state index is 12.6. The average Bonchev–Trinajstić information content (AvgIpc) is 3.25. The van der Waals surface area contributed by atoms with E-state index in [9.17, 15) is 48.7 Å². The molecule has 19 atom stereocenters. The Morgan fingerprint density at radius 2 is 1.60 bits per heavy atom. The second-order valence-corrected chi connectivity index (χ2v) is 17.6. The molecule has 5 fully saturated rings. The monoisotopic (exact) mass is 736 g/mol. The minimum Gasteiger partial charge on any atom is -0.393 e. The Hall–Kier alpha value is -0.790. The van der Waals surface area contributed by atoms with Crippen LogP contribution in [0.2, 0.25) is 0 Å². The van der Waals surface area contributed by atoms with Crippen molar-refractivity contribution in [3.63, 3.8) is 0 Å². The third kappa shape index (κ3) is 6.86. The Bertz CT molecular complexity index is 1320. The molecule has 14 nitrogen and oxygen atoms in total. The van der Waals surface area contributed by atoms with Crippen LogP contribution < -0.4 is 0 Å². The van der Waals surface area contributed by atoms with Crippen LogP contribution in [0.25, 0.3) is 0 Å². The van der Waals surface area contributed by atoms with Gasteiger partial charge in [0.1, 0.15) is 23.9 Å². The molecule has 0 aromatic rings. The van der Waals surface area contributed by atoms with Gasteiger partial charge in [0, 0.05) is 13.0 Å². The topological polar surface area (TPSA) is 233 Å². The van der Waals surface area contributed by atoms with E-state index in [0.29, 0.717) is 38.5 Å². The van der Waals surface area contributed by atoms with Gasteiger partial charge >= 0.3 is 10.4 Å². The maximum absolute atomic E-state index is 12.6. The molecule has 290 valence electrons. The highest BCUT2D eigenvalue weighted by molar-refractivity contribution is 7.80. The molecule has 3 unspecified atom stereocenters. The Morgan fingerprint density at radius 3 is 2.22 bits per heavy atom. The summed E-state index contributed by atoms with van der Waals surface area (Å²) >= 11 is 0. The molecule has 1 saturated heterocycles. The van der Waals surface area contributed by atoms with E-state index in [2.05, 4.69) is 0 Å². The molecule has 4 saturated carbocycles. The molecule has 1 heterocycles. The molecule has 15 heteroatoms. The molecule has 8 N–H and O–H groups in total. The number of fused-ring (bicyclic) bond motifs is 5. The lowest BCUT2D eigenvalue weighted by molar-refractivity contribution is -0.309. The van der Waals surface area contributed by atoms with E-state index in [0.717, 1.165) is 0 Å². The third-order valence-electron chi connectivity index (χ3n) is 13.8. The zero-order valence-corrected chi connectivity index (χ0v) is 30.8. The second kappa shape index (κ2) is 14.8. The van der Waals surface area contributed by atoms with Crippen LogP contribution in [0, 0.1) is 52.3 Å². The highest BCUT2D eigenvalue weighted by Crippen LogP contribution is 2.69. The van der Waals surface area contributed by atoms with Gasteiger partial charge in [0.15, 0.2) is 12.4 Å². The Labute approximate surface area is 295 Å². The first kappa shape index (κ1) is 40.4. The van der Waals surface area contributed by atoms with Crippen molar-refractivity contribution in [1.82, 2.24) is 0 Å². The first-order valence-electron chi connectivity index (χ1n) is 18.2. The van der Waals surface area contributed by atoms with Crippen LogP contribution in [-0.4, -0.2) is 130 Å². The van der Waals surface area contributed by atoms with E-state index >= 15 is 0 Å². The van der Waals surface area contributed by atoms with Crippen LogP contribution in [0.3, 0.4) is 0 Å². The molecule has 5 rings (SSSR count). The van der Waals surface area contributed by atoms with Crippen molar-refractivity contribution in [2.75, 3.05) is 20.3 Å². The van der Waals surface area contributed by atoms with Gasteiger partial charge in [0.2, 0.25) is 0 Å². The standard InChI is InChI=1S/C35H60O14S/c1-7-19(18(3)15-47-32-29(49-50(43,44)45)28(46-6)22(37)16-48-32)9-8-17(2)24-26(39)27(40)30-34(24,5)13-11-23-33(4)12-10-20(36)14-21(33)25(38)31(41)35(23,30)42/h8-9,17-32,36-42H,7,10-16H2,1-6H3,(H,43,44,45)/b9-8+/t17-,18-,19-,20+,21?,22-,23?,24+,25-,26-,27-,28+,29-,30?,31-,32-,33+,34-,35+/m1/s1. The zero-order valence-electron chi connectivity index (χ0n) is 30.0. The van der Waals surface area contributed by atoms with Crippen molar-refractivity contribution in [1.29, 1.82) is 0 Å². The molecule has 0 bridgehead atoms. The highest BCUT2D eigenvalue weighted by Gasteiger charge is 2.75. The lowest BCUT2D eigenvalue weighted by Crippen LogP contribution is -2.75. The number of hydrogen-bond donors (Lipinski definition) is 8. The Morgan fingerprint density at radius 1 is 0.940 bits per heavy atom.